The molecule has 0 saturated carbocycles. The molecule has 0 bridgehead atoms. The van der Waals surface area contributed by atoms with Crippen molar-refractivity contribution in [3.63, 3.8) is 0 Å². The predicted octanol–water partition coefficient (Wildman–Crippen LogP) is 4.35. The van der Waals surface area contributed by atoms with Crippen LogP contribution in [0.25, 0.3) is 0 Å². The van der Waals surface area contributed by atoms with Crippen LogP contribution < -0.4 is 14.4 Å². The first-order chi connectivity index (χ1) is 16.9. The van der Waals surface area contributed by atoms with Crippen molar-refractivity contribution in [2.75, 3.05) is 30.8 Å². The Kier molecular flexibility index (Phi) is 10.9. The SMILES string of the molecule is CCC(C(=O)NCC(C)C)N(Cc1cccc(OC)c1)C(=O)CN(c1ccc(Cl)c(Cl)c1)S(C)(=O)=O. The summed E-state index contributed by atoms with van der Waals surface area (Å²) in [6.07, 6.45) is 1.34. The molecule has 0 aromatic heterocycles. The Morgan fingerprint density at radius 3 is 2.33 bits per heavy atom. The smallest absolute Gasteiger partial charge is 0.244 e. The fourth-order valence-electron chi connectivity index (χ4n) is 3.56. The highest BCUT2D eigenvalue weighted by Crippen LogP contribution is 2.29. The third-order valence-electron chi connectivity index (χ3n) is 5.43. The predicted molar refractivity (Wildman–Crippen MR) is 144 cm³/mol. The highest BCUT2D eigenvalue weighted by molar-refractivity contribution is 7.92. The van der Waals surface area contributed by atoms with Gasteiger partial charge in [0.15, 0.2) is 0 Å². The number of carbonyl (C=O) groups excluding carboxylic acids is 2. The molecule has 2 amide bonds. The van der Waals surface area contributed by atoms with Crippen LogP contribution in [0.3, 0.4) is 0 Å². The van der Waals surface area contributed by atoms with E-state index in [4.69, 9.17) is 27.9 Å². The van der Waals surface area contributed by atoms with Crippen LogP contribution in [-0.2, 0) is 26.2 Å². The van der Waals surface area contributed by atoms with Crippen LogP contribution in [0.4, 0.5) is 5.69 Å². The minimum Gasteiger partial charge on any atom is -0.497 e. The molecule has 11 heteroatoms. The number of methoxy groups -OCH3 is 1. The lowest BCUT2D eigenvalue weighted by molar-refractivity contribution is -0.140. The molecule has 0 aliphatic carbocycles. The van der Waals surface area contributed by atoms with Crippen LogP contribution in [0.2, 0.25) is 10.0 Å². The largest absolute Gasteiger partial charge is 0.497 e. The molecule has 36 heavy (non-hydrogen) atoms. The number of carbonyl (C=O) groups is 2. The highest BCUT2D eigenvalue weighted by atomic mass is 35.5. The van der Waals surface area contributed by atoms with Crippen molar-refractivity contribution < 1.29 is 22.7 Å². The molecule has 2 aromatic rings. The summed E-state index contributed by atoms with van der Waals surface area (Å²) in [6, 6.07) is 10.7. The monoisotopic (exact) mass is 557 g/mol. The number of halogens is 2. The number of anilines is 1. The van der Waals surface area contributed by atoms with Crippen LogP contribution in [0.5, 0.6) is 5.75 Å². The van der Waals surface area contributed by atoms with Crippen molar-refractivity contribution in [1.29, 1.82) is 0 Å². The van der Waals surface area contributed by atoms with Crippen LogP contribution in [0.15, 0.2) is 42.5 Å². The molecule has 2 rings (SSSR count). The maximum atomic E-state index is 13.7. The van der Waals surface area contributed by atoms with Crippen molar-refractivity contribution in [2.45, 2.75) is 39.8 Å². The van der Waals surface area contributed by atoms with Crippen LogP contribution in [-0.4, -0.2) is 57.6 Å². The maximum Gasteiger partial charge on any atom is 0.244 e. The molecule has 2 aromatic carbocycles. The lowest BCUT2D eigenvalue weighted by atomic mass is 10.1. The van der Waals surface area contributed by atoms with E-state index in [2.05, 4.69) is 5.32 Å². The van der Waals surface area contributed by atoms with Crippen molar-refractivity contribution in [1.82, 2.24) is 10.2 Å². The number of rotatable bonds is 12. The van der Waals surface area contributed by atoms with Gasteiger partial charge in [0.2, 0.25) is 21.8 Å². The number of benzene rings is 2. The average molecular weight is 559 g/mol. The summed E-state index contributed by atoms with van der Waals surface area (Å²) in [5.41, 5.74) is 0.928. The number of nitrogens with one attached hydrogen (secondary N) is 1. The fraction of sp³-hybridized carbons (Fsp3) is 0.440. The molecule has 1 N–H and O–H groups in total. The number of nitrogens with zero attached hydrogens (tertiary/aromatic N) is 2. The molecule has 0 radical (unpaired) electrons. The van der Waals surface area contributed by atoms with Crippen LogP contribution in [0, 0.1) is 5.92 Å². The van der Waals surface area contributed by atoms with Gasteiger partial charge in [-0.05, 0) is 48.2 Å². The zero-order chi connectivity index (χ0) is 27.0. The molecule has 198 valence electrons. The van der Waals surface area contributed by atoms with Gasteiger partial charge in [0.1, 0.15) is 18.3 Å². The first-order valence-electron chi connectivity index (χ1n) is 11.5. The molecule has 0 heterocycles. The number of sulfonamides is 1. The second kappa shape index (κ2) is 13.2. The van der Waals surface area contributed by atoms with Crippen molar-refractivity contribution in [2.24, 2.45) is 5.92 Å². The molecular formula is C25H33Cl2N3O5S. The number of hydrogen-bond donors (Lipinski definition) is 1. The normalized spacial score (nSPS) is 12.2. The van der Waals surface area contributed by atoms with Gasteiger partial charge in [0.05, 0.1) is 29.1 Å². The quantitative estimate of drug-likeness (QED) is 0.418. The van der Waals surface area contributed by atoms with E-state index < -0.39 is 28.5 Å². The fourth-order valence-corrected chi connectivity index (χ4v) is 4.70. The molecular weight excluding hydrogens is 525 g/mol. The first kappa shape index (κ1) is 29.7. The summed E-state index contributed by atoms with van der Waals surface area (Å²) in [6.45, 7) is 5.77. The van der Waals surface area contributed by atoms with Crippen molar-refractivity contribution in [3.8, 4) is 5.75 Å². The molecule has 0 fully saturated rings. The Morgan fingerprint density at radius 2 is 1.78 bits per heavy atom. The first-order valence-corrected chi connectivity index (χ1v) is 14.1. The average Bonchev–Trinajstić information content (AvgIpc) is 2.82. The van der Waals surface area contributed by atoms with E-state index in [1.807, 2.05) is 19.9 Å². The third-order valence-corrected chi connectivity index (χ3v) is 7.31. The van der Waals surface area contributed by atoms with E-state index >= 15 is 0 Å². The zero-order valence-corrected chi connectivity index (χ0v) is 23.5. The lowest BCUT2D eigenvalue weighted by Crippen LogP contribution is -2.52. The van der Waals surface area contributed by atoms with E-state index in [-0.39, 0.29) is 34.1 Å². The Labute approximate surface area is 223 Å². The summed E-state index contributed by atoms with van der Waals surface area (Å²) in [7, 11) is -2.33. The van der Waals surface area contributed by atoms with Gasteiger partial charge in [0, 0.05) is 13.1 Å². The standard InChI is InChI=1S/C25H33Cl2N3O5S/c1-6-23(25(32)28-14-17(2)3)29(15-18-8-7-9-20(12-18)35-4)24(31)16-30(36(5,33)34)19-10-11-21(26)22(27)13-19/h7-13,17,23H,6,14-16H2,1-5H3,(H,28,32). The molecule has 1 atom stereocenters. The second-order valence-electron chi connectivity index (χ2n) is 8.80. The second-order valence-corrected chi connectivity index (χ2v) is 11.5. The molecule has 8 nitrogen and oxygen atoms in total. The van der Waals surface area contributed by atoms with Crippen molar-refractivity contribution >= 4 is 50.7 Å². The summed E-state index contributed by atoms with van der Waals surface area (Å²) in [5.74, 6) is -0.0149. The van der Waals surface area contributed by atoms with E-state index in [1.165, 1.54) is 30.2 Å². The number of amides is 2. The van der Waals surface area contributed by atoms with Gasteiger partial charge in [-0.2, -0.15) is 0 Å². The lowest BCUT2D eigenvalue weighted by Gasteiger charge is -2.33. The van der Waals surface area contributed by atoms with E-state index in [0.29, 0.717) is 18.7 Å². The van der Waals surface area contributed by atoms with Crippen molar-refractivity contribution in [3.05, 3.63) is 58.1 Å². The molecule has 0 aliphatic rings. The van der Waals surface area contributed by atoms with Gasteiger partial charge in [-0.1, -0.05) is 56.1 Å². The van der Waals surface area contributed by atoms with E-state index in [1.54, 1.807) is 25.1 Å². The van der Waals surface area contributed by atoms with Gasteiger partial charge < -0.3 is 15.0 Å². The molecule has 0 saturated heterocycles. The molecule has 0 aliphatic heterocycles. The van der Waals surface area contributed by atoms with E-state index in [9.17, 15) is 18.0 Å². The van der Waals surface area contributed by atoms with Crippen LogP contribution in [0.1, 0.15) is 32.8 Å². The molecule has 1 unspecified atom stereocenters. The Morgan fingerprint density at radius 1 is 1.08 bits per heavy atom. The topological polar surface area (TPSA) is 96.0 Å². The van der Waals surface area contributed by atoms with Gasteiger partial charge in [-0.15, -0.1) is 0 Å². The number of hydrogen-bond acceptors (Lipinski definition) is 5. The summed E-state index contributed by atoms with van der Waals surface area (Å²) in [4.78, 5) is 28.2. The van der Waals surface area contributed by atoms with Gasteiger partial charge in [-0.3, -0.25) is 13.9 Å². The third kappa shape index (κ3) is 8.28. The minimum atomic E-state index is -3.87. The Hall–Kier alpha value is -2.49. The highest BCUT2D eigenvalue weighted by Gasteiger charge is 2.32. The minimum absolute atomic E-state index is 0.0859. The van der Waals surface area contributed by atoms with Gasteiger partial charge in [0.25, 0.3) is 0 Å². The molecule has 0 spiro atoms. The summed E-state index contributed by atoms with van der Waals surface area (Å²) >= 11 is 12.1. The Bertz CT molecular complexity index is 1170. The van der Waals surface area contributed by atoms with Crippen LogP contribution >= 0.6 is 23.2 Å². The van der Waals surface area contributed by atoms with Gasteiger partial charge in [-0.25, -0.2) is 8.42 Å². The summed E-state index contributed by atoms with van der Waals surface area (Å²) < 4.78 is 31.6. The van der Waals surface area contributed by atoms with E-state index in [0.717, 1.165) is 16.1 Å². The van der Waals surface area contributed by atoms with Gasteiger partial charge >= 0.3 is 0 Å². The summed E-state index contributed by atoms with van der Waals surface area (Å²) in [5, 5.41) is 3.30. The Balaban J connectivity index is 2.46. The zero-order valence-electron chi connectivity index (χ0n) is 21.1. The number of ether oxygens (including phenoxy) is 1. The maximum absolute atomic E-state index is 13.7.